The lowest BCUT2D eigenvalue weighted by Gasteiger charge is -2.11. The van der Waals surface area contributed by atoms with E-state index in [4.69, 9.17) is 5.11 Å². The minimum Gasteiger partial charge on any atom is -0.383 e. The number of carbonyl (C=O) groups is 1. The molecule has 0 fully saturated rings. The summed E-state index contributed by atoms with van der Waals surface area (Å²) in [5, 5.41) is 10.7. The van der Waals surface area contributed by atoms with Crippen LogP contribution in [0, 0.1) is 0 Å². The molecule has 0 bridgehead atoms. The Balaban J connectivity index is 3.77. The molecule has 0 aromatic carbocycles. The third-order valence-corrected chi connectivity index (χ3v) is 1.24. The fourth-order valence-corrected chi connectivity index (χ4v) is 0.570. The number of aliphatic hydroxyl groups excluding tert-OH is 1. The number of allylic oxidation sites excluding steroid dienone is 2. The first-order valence-corrected chi connectivity index (χ1v) is 3.74. The van der Waals surface area contributed by atoms with E-state index in [1.165, 1.54) is 18.4 Å². The molecule has 6 heteroatoms. The molecule has 0 aliphatic rings. The van der Waals surface area contributed by atoms with Crippen molar-refractivity contribution in [3.8, 4) is 0 Å². The lowest BCUT2D eigenvalue weighted by molar-refractivity contribution is -0.202. The normalized spacial score (nSPS) is 14.9. The van der Waals surface area contributed by atoms with Gasteiger partial charge < -0.3 is 10.4 Å². The summed E-state index contributed by atoms with van der Waals surface area (Å²) >= 11 is 0. The van der Waals surface area contributed by atoms with Crippen LogP contribution >= 0.6 is 0 Å². The highest BCUT2D eigenvalue weighted by Gasteiger charge is 2.36. The average Bonchev–Trinajstić information content (AvgIpc) is 2.09. The van der Waals surface area contributed by atoms with Crippen LogP contribution < -0.4 is 5.32 Å². The van der Waals surface area contributed by atoms with E-state index in [1.54, 1.807) is 0 Å². The second kappa shape index (κ2) is 6.20. The van der Waals surface area contributed by atoms with Crippen LogP contribution in [0.5, 0.6) is 0 Å². The van der Waals surface area contributed by atoms with Crippen molar-refractivity contribution in [1.82, 2.24) is 5.32 Å². The van der Waals surface area contributed by atoms with E-state index in [-0.39, 0.29) is 0 Å². The third-order valence-electron chi connectivity index (χ3n) is 1.24. The van der Waals surface area contributed by atoms with E-state index in [9.17, 15) is 18.0 Å². The number of hydrogen-bond donors (Lipinski definition) is 2. The molecule has 1 amide bonds. The van der Waals surface area contributed by atoms with Gasteiger partial charge >= 0.3 is 6.18 Å². The maximum absolute atomic E-state index is 11.7. The predicted molar refractivity (Wildman–Crippen MR) is 44.2 cm³/mol. The van der Waals surface area contributed by atoms with Gasteiger partial charge in [0.2, 0.25) is 6.41 Å². The summed E-state index contributed by atoms with van der Waals surface area (Å²) in [6.07, 6.45) is -1.96. The van der Waals surface area contributed by atoms with Gasteiger partial charge in [0.25, 0.3) is 0 Å². The van der Waals surface area contributed by atoms with E-state index in [2.05, 4.69) is 5.32 Å². The molecule has 3 nitrogen and oxygen atoms in total. The van der Waals surface area contributed by atoms with Crippen molar-refractivity contribution in [3.05, 3.63) is 24.4 Å². The van der Waals surface area contributed by atoms with Crippen LogP contribution in [0.3, 0.4) is 0 Å². The molecule has 14 heavy (non-hydrogen) atoms. The number of hydrogen-bond acceptors (Lipinski definition) is 2. The second-order valence-corrected chi connectivity index (χ2v) is 2.36. The average molecular weight is 209 g/mol. The highest BCUT2D eigenvalue weighted by molar-refractivity contribution is 5.47. The van der Waals surface area contributed by atoms with Crippen LogP contribution in [-0.2, 0) is 4.79 Å². The number of halogens is 3. The first kappa shape index (κ1) is 12.7. The number of nitrogens with one attached hydrogen (secondary N) is 1. The topological polar surface area (TPSA) is 49.3 Å². The molecule has 80 valence electrons. The molecule has 0 saturated carbocycles. The second-order valence-electron chi connectivity index (χ2n) is 2.36. The summed E-state index contributed by atoms with van der Waals surface area (Å²) in [6, 6.07) is 0. The van der Waals surface area contributed by atoms with Crippen LogP contribution in [0.15, 0.2) is 24.4 Å². The molecule has 0 aliphatic heterocycles. The van der Waals surface area contributed by atoms with Crippen molar-refractivity contribution in [2.75, 3.05) is 0 Å². The van der Waals surface area contributed by atoms with E-state index in [0.29, 0.717) is 6.41 Å². The smallest absolute Gasteiger partial charge is 0.383 e. The monoisotopic (exact) mass is 209 g/mol. The van der Waals surface area contributed by atoms with Gasteiger partial charge in [0.15, 0.2) is 6.10 Å². The summed E-state index contributed by atoms with van der Waals surface area (Å²) in [4.78, 5) is 9.70. The molecule has 1 unspecified atom stereocenters. The minimum absolute atomic E-state index is 0.425. The summed E-state index contributed by atoms with van der Waals surface area (Å²) < 4.78 is 35.2. The Morgan fingerprint density at radius 1 is 1.36 bits per heavy atom. The summed E-state index contributed by atoms with van der Waals surface area (Å²) in [5.74, 6) is 0. The summed E-state index contributed by atoms with van der Waals surface area (Å²) in [7, 11) is 0. The Morgan fingerprint density at radius 2 is 2.00 bits per heavy atom. The minimum atomic E-state index is -4.59. The van der Waals surface area contributed by atoms with Gasteiger partial charge in [-0.05, 0) is 6.08 Å². The van der Waals surface area contributed by atoms with E-state index in [0.717, 1.165) is 6.08 Å². The van der Waals surface area contributed by atoms with E-state index >= 15 is 0 Å². The van der Waals surface area contributed by atoms with Crippen LogP contribution in [0.25, 0.3) is 0 Å². The van der Waals surface area contributed by atoms with Gasteiger partial charge in [0.05, 0.1) is 0 Å². The van der Waals surface area contributed by atoms with Gasteiger partial charge in [0, 0.05) is 12.6 Å². The fraction of sp³-hybridized carbons (Fsp3) is 0.375. The number of rotatable bonds is 5. The number of carbonyl (C=O) groups excluding carboxylic acids is 1. The molecule has 0 aromatic rings. The van der Waals surface area contributed by atoms with Crippen molar-refractivity contribution in [2.24, 2.45) is 0 Å². The van der Waals surface area contributed by atoms with Gasteiger partial charge in [-0.2, -0.15) is 13.2 Å². The van der Waals surface area contributed by atoms with Crippen LogP contribution in [0.1, 0.15) is 6.42 Å². The van der Waals surface area contributed by atoms with E-state index < -0.39 is 18.7 Å². The highest BCUT2D eigenvalue weighted by atomic mass is 19.4. The summed E-state index contributed by atoms with van der Waals surface area (Å²) in [5.41, 5.74) is 0. The Kier molecular flexibility index (Phi) is 5.62. The molecule has 0 heterocycles. The SMILES string of the molecule is O=CN/C=C\C=C/CC(O)C(F)(F)F. The van der Waals surface area contributed by atoms with E-state index in [1.807, 2.05) is 0 Å². The number of aliphatic hydroxyl groups is 1. The zero-order valence-corrected chi connectivity index (χ0v) is 7.16. The molecule has 0 aromatic heterocycles. The van der Waals surface area contributed by atoms with Crippen LogP contribution in [0.4, 0.5) is 13.2 Å². The molecule has 0 spiro atoms. The van der Waals surface area contributed by atoms with Crippen molar-refractivity contribution in [2.45, 2.75) is 18.7 Å². The third kappa shape index (κ3) is 6.24. The van der Waals surface area contributed by atoms with Gasteiger partial charge in [-0.3, -0.25) is 4.79 Å². The molecule has 0 aliphatic carbocycles. The Labute approximate surface area is 78.9 Å². The standard InChI is InChI=1S/C8H10F3NO2/c9-8(10,11)7(14)4-2-1-3-5-12-6-13/h1-3,5-7,14H,4H2,(H,12,13)/b2-1-,5-3-. The van der Waals surface area contributed by atoms with Crippen molar-refractivity contribution in [1.29, 1.82) is 0 Å². The largest absolute Gasteiger partial charge is 0.414 e. The maximum Gasteiger partial charge on any atom is 0.414 e. The molecule has 1 atom stereocenters. The zero-order chi connectivity index (χ0) is 11.0. The highest BCUT2D eigenvalue weighted by Crippen LogP contribution is 2.22. The van der Waals surface area contributed by atoms with Gasteiger partial charge in [-0.25, -0.2) is 0 Å². The van der Waals surface area contributed by atoms with Crippen molar-refractivity contribution < 1.29 is 23.1 Å². The van der Waals surface area contributed by atoms with Gasteiger partial charge in [-0.1, -0.05) is 12.2 Å². The zero-order valence-electron chi connectivity index (χ0n) is 7.16. The Hall–Kier alpha value is -1.30. The molecule has 0 radical (unpaired) electrons. The molecular formula is C8H10F3NO2. The molecule has 0 saturated heterocycles. The maximum atomic E-state index is 11.7. The first-order chi connectivity index (χ1) is 6.48. The van der Waals surface area contributed by atoms with Gasteiger partial charge in [-0.15, -0.1) is 0 Å². The van der Waals surface area contributed by atoms with Gasteiger partial charge in [0.1, 0.15) is 0 Å². The van der Waals surface area contributed by atoms with Crippen molar-refractivity contribution in [3.63, 3.8) is 0 Å². The summed E-state index contributed by atoms with van der Waals surface area (Å²) in [6.45, 7) is 0. The fourth-order valence-electron chi connectivity index (χ4n) is 0.570. The Bertz CT molecular complexity index is 223. The molecule has 2 N–H and O–H groups in total. The lowest BCUT2D eigenvalue weighted by Crippen LogP contribution is -2.27. The molecular weight excluding hydrogens is 199 g/mol. The van der Waals surface area contributed by atoms with Crippen LogP contribution in [0.2, 0.25) is 0 Å². The Morgan fingerprint density at radius 3 is 2.50 bits per heavy atom. The molecule has 0 rings (SSSR count). The predicted octanol–water partition coefficient (Wildman–Crippen LogP) is 1.12. The number of alkyl halides is 3. The first-order valence-electron chi connectivity index (χ1n) is 3.74. The number of amides is 1. The van der Waals surface area contributed by atoms with Crippen molar-refractivity contribution >= 4 is 6.41 Å². The quantitative estimate of drug-likeness (QED) is 0.526. The van der Waals surface area contributed by atoms with Crippen LogP contribution in [-0.4, -0.2) is 23.8 Å². The lowest BCUT2D eigenvalue weighted by atomic mass is 10.2.